The number of aliphatic carboxylic acids is 1. The molecular weight excluding hydrogens is 294 g/mol. The lowest BCUT2D eigenvalue weighted by Crippen LogP contribution is -2.32. The average Bonchev–Trinajstić information content (AvgIpc) is 2.94. The molecule has 1 aromatic carbocycles. The zero-order valence-corrected chi connectivity index (χ0v) is 13.3. The monoisotopic (exact) mass is 317 g/mol. The number of carboxylic acid groups (broad SMARTS) is 1. The van der Waals surface area contributed by atoms with Gasteiger partial charge < -0.3 is 15.2 Å². The Bertz CT molecular complexity index is 605. The maximum atomic E-state index is 12.4. The first-order chi connectivity index (χ1) is 11.1. The second-order valence-electron chi connectivity index (χ2n) is 6.78. The first-order valence-electron chi connectivity index (χ1n) is 8.34. The van der Waals surface area contributed by atoms with Gasteiger partial charge in [0, 0.05) is 18.5 Å². The fourth-order valence-electron chi connectivity index (χ4n) is 3.85. The molecule has 23 heavy (non-hydrogen) atoms. The summed E-state index contributed by atoms with van der Waals surface area (Å²) in [7, 11) is 0. The summed E-state index contributed by atoms with van der Waals surface area (Å²) in [5.74, 6) is -0.0148. The molecule has 5 heteroatoms. The summed E-state index contributed by atoms with van der Waals surface area (Å²) in [4.78, 5) is 23.6. The van der Waals surface area contributed by atoms with Crippen molar-refractivity contribution in [2.45, 2.75) is 51.4 Å². The van der Waals surface area contributed by atoms with E-state index < -0.39 is 5.97 Å². The molecule has 124 valence electrons. The zero-order chi connectivity index (χ0) is 16.3. The molecule has 0 atom stereocenters. The fraction of sp³-hybridized carbons (Fsp3) is 0.556. The van der Waals surface area contributed by atoms with E-state index in [2.05, 4.69) is 5.32 Å². The Morgan fingerprint density at radius 1 is 1.17 bits per heavy atom. The Morgan fingerprint density at radius 3 is 2.70 bits per heavy atom. The highest BCUT2D eigenvalue weighted by molar-refractivity contribution is 5.91. The second-order valence-corrected chi connectivity index (χ2v) is 6.78. The van der Waals surface area contributed by atoms with Gasteiger partial charge in [0.25, 0.3) is 0 Å². The summed E-state index contributed by atoms with van der Waals surface area (Å²) in [6, 6.07) is 5.67. The molecular formula is C18H23NO4. The van der Waals surface area contributed by atoms with Gasteiger partial charge in [0.2, 0.25) is 5.91 Å². The van der Waals surface area contributed by atoms with E-state index in [-0.39, 0.29) is 24.2 Å². The lowest BCUT2D eigenvalue weighted by Gasteiger charge is -2.35. The van der Waals surface area contributed by atoms with Gasteiger partial charge in [-0.15, -0.1) is 0 Å². The highest BCUT2D eigenvalue weighted by Gasteiger charge is 2.36. The number of carbonyl (C=O) groups excluding carboxylic acids is 1. The summed E-state index contributed by atoms with van der Waals surface area (Å²) < 4.78 is 5.46. The highest BCUT2D eigenvalue weighted by Crippen LogP contribution is 2.42. The second kappa shape index (κ2) is 6.60. The molecule has 0 radical (unpaired) electrons. The van der Waals surface area contributed by atoms with E-state index in [1.165, 1.54) is 0 Å². The Balaban J connectivity index is 1.66. The molecule has 0 spiro atoms. The smallest absolute Gasteiger partial charge is 0.303 e. The summed E-state index contributed by atoms with van der Waals surface area (Å²) in [5.41, 5.74) is 1.50. The molecule has 1 saturated carbocycles. The Morgan fingerprint density at radius 2 is 1.96 bits per heavy atom. The van der Waals surface area contributed by atoms with Gasteiger partial charge in [0.05, 0.1) is 13.0 Å². The fourth-order valence-corrected chi connectivity index (χ4v) is 3.85. The van der Waals surface area contributed by atoms with Crippen LogP contribution >= 0.6 is 0 Å². The molecule has 2 N–H and O–H groups in total. The van der Waals surface area contributed by atoms with E-state index in [1.807, 2.05) is 18.2 Å². The highest BCUT2D eigenvalue weighted by atomic mass is 16.5. The van der Waals surface area contributed by atoms with Crippen molar-refractivity contribution in [1.29, 1.82) is 0 Å². The molecule has 2 aliphatic rings. The summed E-state index contributed by atoms with van der Waals surface area (Å²) >= 11 is 0. The number of amides is 1. The molecule has 1 aliphatic heterocycles. The summed E-state index contributed by atoms with van der Waals surface area (Å²) in [5, 5.41) is 12.1. The van der Waals surface area contributed by atoms with Gasteiger partial charge >= 0.3 is 5.97 Å². The van der Waals surface area contributed by atoms with Crippen LogP contribution < -0.4 is 10.1 Å². The van der Waals surface area contributed by atoms with Gasteiger partial charge in [-0.3, -0.25) is 9.59 Å². The van der Waals surface area contributed by atoms with E-state index in [0.717, 1.165) is 55.5 Å². The third-order valence-corrected chi connectivity index (χ3v) is 4.95. The van der Waals surface area contributed by atoms with Crippen LogP contribution in [0.4, 0.5) is 5.69 Å². The van der Waals surface area contributed by atoms with Gasteiger partial charge in [-0.2, -0.15) is 0 Å². The van der Waals surface area contributed by atoms with Crippen LogP contribution in [0.15, 0.2) is 18.2 Å². The quantitative estimate of drug-likeness (QED) is 0.873. The molecule has 1 amide bonds. The molecule has 0 saturated heterocycles. The number of benzene rings is 1. The van der Waals surface area contributed by atoms with Crippen molar-refractivity contribution in [3.05, 3.63) is 23.8 Å². The topological polar surface area (TPSA) is 75.6 Å². The summed E-state index contributed by atoms with van der Waals surface area (Å²) in [6.45, 7) is 0.689. The number of anilines is 1. The third kappa shape index (κ3) is 3.84. The van der Waals surface area contributed by atoms with Crippen LogP contribution in [0.3, 0.4) is 0 Å². The molecule has 1 aromatic rings. The molecule has 0 aromatic heterocycles. The van der Waals surface area contributed by atoms with Crippen molar-refractivity contribution in [2.75, 3.05) is 11.9 Å². The molecule has 0 bridgehead atoms. The van der Waals surface area contributed by atoms with Crippen LogP contribution in [-0.2, 0) is 16.0 Å². The minimum Gasteiger partial charge on any atom is -0.493 e. The minimum atomic E-state index is -0.811. The van der Waals surface area contributed by atoms with Gasteiger partial charge in [-0.05, 0) is 42.0 Å². The first kappa shape index (κ1) is 15.8. The number of carbonyl (C=O) groups is 2. The number of ether oxygens (including phenoxy) is 1. The molecule has 1 aliphatic carbocycles. The normalized spacial score (nSPS) is 18.8. The predicted octanol–water partition coefficient (Wildman–Crippen LogP) is 3.38. The van der Waals surface area contributed by atoms with Crippen molar-refractivity contribution >= 4 is 17.6 Å². The van der Waals surface area contributed by atoms with Crippen molar-refractivity contribution in [3.8, 4) is 5.75 Å². The van der Waals surface area contributed by atoms with Crippen LogP contribution in [0.25, 0.3) is 0 Å². The number of hydrogen-bond donors (Lipinski definition) is 2. The van der Waals surface area contributed by atoms with E-state index in [1.54, 1.807) is 0 Å². The predicted molar refractivity (Wildman–Crippen MR) is 86.7 cm³/mol. The van der Waals surface area contributed by atoms with E-state index in [0.29, 0.717) is 6.61 Å². The van der Waals surface area contributed by atoms with Crippen molar-refractivity contribution < 1.29 is 19.4 Å². The number of nitrogens with one attached hydrogen (secondary N) is 1. The van der Waals surface area contributed by atoms with Crippen molar-refractivity contribution in [2.24, 2.45) is 5.41 Å². The number of hydrogen-bond acceptors (Lipinski definition) is 3. The van der Waals surface area contributed by atoms with E-state index >= 15 is 0 Å². The van der Waals surface area contributed by atoms with Gasteiger partial charge in [0.15, 0.2) is 0 Å². The number of rotatable bonds is 5. The van der Waals surface area contributed by atoms with Gasteiger partial charge in [0.1, 0.15) is 5.75 Å². The average molecular weight is 317 g/mol. The van der Waals surface area contributed by atoms with Crippen LogP contribution in [0.2, 0.25) is 0 Å². The van der Waals surface area contributed by atoms with Crippen LogP contribution in [0.5, 0.6) is 5.75 Å². The van der Waals surface area contributed by atoms with Crippen molar-refractivity contribution in [1.82, 2.24) is 0 Å². The molecule has 1 fully saturated rings. The Kier molecular flexibility index (Phi) is 4.55. The molecule has 1 heterocycles. The largest absolute Gasteiger partial charge is 0.493 e. The van der Waals surface area contributed by atoms with Crippen LogP contribution in [0, 0.1) is 5.41 Å². The number of fused-ring (bicyclic) bond motifs is 1. The molecule has 5 nitrogen and oxygen atoms in total. The number of carboxylic acids is 1. The summed E-state index contributed by atoms with van der Waals surface area (Å²) in [6.07, 6.45) is 6.03. The minimum absolute atomic E-state index is 0.0818. The molecule has 0 unspecified atom stereocenters. The lowest BCUT2D eigenvalue weighted by molar-refractivity contribution is -0.140. The maximum absolute atomic E-state index is 12.4. The van der Waals surface area contributed by atoms with Crippen LogP contribution in [-0.4, -0.2) is 23.6 Å². The van der Waals surface area contributed by atoms with E-state index in [4.69, 9.17) is 4.74 Å². The Labute approximate surface area is 136 Å². The van der Waals surface area contributed by atoms with Crippen molar-refractivity contribution in [3.63, 3.8) is 0 Å². The zero-order valence-electron chi connectivity index (χ0n) is 13.3. The van der Waals surface area contributed by atoms with Gasteiger partial charge in [-0.25, -0.2) is 0 Å². The van der Waals surface area contributed by atoms with E-state index in [9.17, 15) is 14.7 Å². The lowest BCUT2D eigenvalue weighted by atomic mass is 9.69. The maximum Gasteiger partial charge on any atom is 0.303 e. The van der Waals surface area contributed by atoms with Gasteiger partial charge in [-0.1, -0.05) is 19.3 Å². The Hall–Kier alpha value is -2.04. The SMILES string of the molecule is O=C(O)CC1(CC(=O)Nc2ccc3c(c2)CCO3)CCCCC1. The first-order valence-corrected chi connectivity index (χ1v) is 8.34. The standard InChI is InChI=1S/C18H23NO4/c20-16(11-18(12-17(21)22)7-2-1-3-8-18)19-14-4-5-15-13(10-14)6-9-23-15/h4-5,10H,1-3,6-9,11-12H2,(H,19,20)(H,21,22). The molecule has 3 rings (SSSR count). The third-order valence-electron chi connectivity index (χ3n) is 4.95. The van der Waals surface area contributed by atoms with Crippen LogP contribution in [0.1, 0.15) is 50.5 Å².